The fourth-order valence-corrected chi connectivity index (χ4v) is 0.955. The van der Waals surface area contributed by atoms with Crippen LogP contribution in [0.25, 0.3) is 0 Å². The van der Waals surface area contributed by atoms with Gasteiger partial charge in [-0.2, -0.15) is 0 Å². The van der Waals surface area contributed by atoms with E-state index in [1.165, 1.54) is 0 Å². The lowest BCUT2D eigenvalue weighted by Gasteiger charge is -2.04. The summed E-state index contributed by atoms with van der Waals surface area (Å²) in [6.07, 6.45) is 0.385. The fraction of sp³-hybridized carbons (Fsp3) is 0.300. The van der Waals surface area contributed by atoms with Crippen molar-refractivity contribution in [3.05, 3.63) is 35.9 Å². The molecule has 1 aromatic carbocycles. The maximum atomic E-state index is 10.4. The molecule has 0 bridgehead atoms. The smallest absolute Gasteiger partial charge is 0.320 e. The first-order chi connectivity index (χ1) is 6.70. The molecule has 3 N–H and O–H groups in total. The summed E-state index contributed by atoms with van der Waals surface area (Å²) in [6.45, 7) is 0. The van der Waals surface area contributed by atoms with Gasteiger partial charge in [-0.1, -0.05) is 30.3 Å². The molecule has 0 heterocycles. The monoisotopic (exact) mass is 199 g/mol. The third-order valence-corrected chi connectivity index (χ3v) is 1.62. The van der Waals surface area contributed by atoms with Gasteiger partial charge >= 0.3 is 5.97 Å². The highest BCUT2D eigenvalue weighted by Crippen LogP contribution is 2.01. The van der Waals surface area contributed by atoms with Crippen LogP contribution in [0.2, 0.25) is 0 Å². The zero-order valence-electron chi connectivity index (χ0n) is 7.98. The molecule has 3 nitrogen and oxygen atoms in total. The zero-order chi connectivity index (χ0) is 11.0. The van der Waals surface area contributed by atoms with Gasteiger partial charge in [0.1, 0.15) is 6.04 Å². The molecule has 0 aromatic heterocycles. The van der Waals surface area contributed by atoms with Gasteiger partial charge in [0, 0.05) is 0 Å². The van der Waals surface area contributed by atoms with Crippen LogP contribution in [0.5, 0.6) is 0 Å². The van der Waals surface area contributed by atoms with Crippen LogP contribution >= 0.6 is 0 Å². The number of nitrogens with two attached hydrogens (primary N) is 1. The summed E-state index contributed by atoms with van der Waals surface area (Å²) in [5.41, 5.74) is 6.30. The summed E-state index contributed by atoms with van der Waals surface area (Å²) in [7, 11) is 0.500. The molecule has 0 aliphatic heterocycles. The van der Waals surface area contributed by atoms with E-state index in [4.69, 9.17) is 10.8 Å². The standard InChI is InChI=1S/C9H11NO2.CH3F/c10-8(9(11)12)6-7-4-2-1-3-5-7;1-2/h1-5,8H,6,10H2,(H,11,12);1H3/t8-;/m0./s1. The van der Waals surface area contributed by atoms with E-state index in [2.05, 4.69) is 0 Å². The Morgan fingerprint density at radius 1 is 1.43 bits per heavy atom. The molecule has 1 aromatic rings. The van der Waals surface area contributed by atoms with E-state index in [1.807, 2.05) is 30.3 Å². The van der Waals surface area contributed by atoms with Crippen LogP contribution in [0, 0.1) is 0 Å². The normalized spacial score (nSPS) is 11.1. The van der Waals surface area contributed by atoms with Crippen LogP contribution in [0.4, 0.5) is 4.39 Å². The molecule has 0 fully saturated rings. The fourth-order valence-electron chi connectivity index (χ4n) is 0.955. The molecule has 4 heteroatoms. The number of carboxylic acid groups (broad SMARTS) is 1. The number of carbonyl (C=O) groups is 1. The predicted octanol–water partition coefficient (Wildman–Crippen LogP) is 1.23. The van der Waals surface area contributed by atoms with Crippen molar-refractivity contribution in [1.82, 2.24) is 0 Å². The molecule has 1 atom stereocenters. The summed E-state index contributed by atoms with van der Waals surface area (Å²) in [4.78, 5) is 10.4. The summed E-state index contributed by atoms with van der Waals surface area (Å²) in [5, 5.41) is 8.52. The molecule has 0 radical (unpaired) electrons. The van der Waals surface area contributed by atoms with Crippen molar-refractivity contribution in [2.75, 3.05) is 7.18 Å². The number of alkyl halides is 1. The van der Waals surface area contributed by atoms with E-state index in [-0.39, 0.29) is 0 Å². The molecule has 0 aliphatic rings. The second-order valence-electron chi connectivity index (χ2n) is 2.63. The van der Waals surface area contributed by atoms with Crippen molar-refractivity contribution < 1.29 is 14.3 Å². The van der Waals surface area contributed by atoms with Crippen LogP contribution in [-0.4, -0.2) is 24.3 Å². The lowest BCUT2D eigenvalue weighted by Crippen LogP contribution is -2.32. The molecular formula is C10H14FNO2. The van der Waals surface area contributed by atoms with E-state index >= 15 is 0 Å². The molecule has 0 unspecified atom stereocenters. The topological polar surface area (TPSA) is 63.3 Å². The van der Waals surface area contributed by atoms with Crippen LogP contribution < -0.4 is 5.73 Å². The van der Waals surface area contributed by atoms with E-state index in [0.717, 1.165) is 5.56 Å². The average molecular weight is 199 g/mol. The second-order valence-corrected chi connectivity index (χ2v) is 2.63. The van der Waals surface area contributed by atoms with Gasteiger partial charge in [0.15, 0.2) is 0 Å². The lowest BCUT2D eigenvalue weighted by atomic mass is 10.1. The molecule has 0 saturated carbocycles. The van der Waals surface area contributed by atoms with Crippen molar-refractivity contribution in [3.8, 4) is 0 Å². The first-order valence-electron chi connectivity index (χ1n) is 4.10. The van der Waals surface area contributed by atoms with Gasteiger partial charge in [0.25, 0.3) is 0 Å². The molecule has 0 aliphatic carbocycles. The van der Waals surface area contributed by atoms with Gasteiger partial charge in [-0.15, -0.1) is 0 Å². The molecule has 1 rings (SSSR count). The molecule has 78 valence electrons. The van der Waals surface area contributed by atoms with Crippen molar-refractivity contribution in [2.45, 2.75) is 12.5 Å². The van der Waals surface area contributed by atoms with Gasteiger partial charge in [-0.05, 0) is 12.0 Å². The largest absolute Gasteiger partial charge is 0.480 e. The van der Waals surface area contributed by atoms with Gasteiger partial charge < -0.3 is 10.8 Å². The van der Waals surface area contributed by atoms with Crippen molar-refractivity contribution in [2.24, 2.45) is 5.73 Å². The number of aliphatic carboxylic acids is 1. The minimum Gasteiger partial charge on any atom is -0.480 e. The van der Waals surface area contributed by atoms with Crippen molar-refractivity contribution in [1.29, 1.82) is 0 Å². The van der Waals surface area contributed by atoms with E-state index in [1.54, 1.807) is 0 Å². The lowest BCUT2D eigenvalue weighted by molar-refractivity contribution is -0.138. The second kappa shape index (κ2) is 7.03. The molecule has 14 heavy (non-hydrogen) atoms. The Morgan fingerprint density at radius 3 is 2.36 bits per heavy atom. The minimum absolute atomic E-state index is 0.385. The van der Waals surface area contributed by atoms with Gasteiger partial charge in [0.2, 0.25) is 0 Å². The van der Waals surface area contributed by atoms with Crippen LogP contribution in [0.15, 0.2) is 30.3 Å². The Kier molecular flexibility index (Phi) is 6.32. The zero-order valence-corrected chi connectivity index (χ0v) is 7.98. The summed E-state index contributed by atoms with van der Waals surface area (Å²) < 4.78 is 9.50. The number of hydrogen-bond donors (Lipinski definition) is 2. The Hall–Kier alpha value is -1.42. The Morgan fingerprint density at radius 2 is 1.93 bits per heavy atom. The Labute approximate surface area is 82.4 Å². The van der Waals surface area contributed by atoms with Crippen molar-refractivity contribution >= 4 is 5.97 Å². The molecule has 0 saturated heterocycles. The first-order valence-corrected chi connectivity index (χ1v) is 4.10. The number of rotatable bonds is 3. The maximum Gasteiger partial charge on any atom is 0.320 e. The Bertz CT molecular complexity index is 264. The van der Waals surface area contributed by atoms with Gasteiger partial charge in [0.05, 0.1) is 7.18 Å². The van der Waals surface area contributed by atoms with Gasteiger partial charge in [-0.25, -0.2) is 0 Å². The van der Waals surface area contributed by atoms with Crippen molar-refractivity contribution in [3.63, 3.8) is 0 Å². The molecule has 0 amide bonds. The average Bonchev–Trinajstić information content (AvgIpc) is 2.22. The molecule has 0 spiro atoms. The highest BCUT2D eigenvalue weighted by molar-refractivity contribution is 5.73. The minimum atomic E-state index is -0.959. The highest BCUT2D eigenvalue weighted by atomic mass is 19.1. The third kappa shape index (κ3) is 4.57. The van der Waals surface area contributed by atoms with Crippen LogP contribution in [0.1, 0.15) is 5.56 Å². The highest BCUT2D eigenvalue weighted by Gasteiger charge is 2.10. The summed E-state index contributed by atoms with van der Waals surface area (Å²) in [5.74, 6) is -0.959. The van der Waals surface area contributed by atoms with E-state index in [9.17, 15) is 9.18 Å². The van der Waals surface area contributed by atoms with E-state index < -0.39 is 12.0 Å². The maximum absolute atomic E-state index is 10.4. The number of halogens is 1. The summed E-state index contributed by atoms with van der Waals surface area (Å²) >= 11 is 0. The predicted molar refractivity (Wildman–Crippen MR) is 52.8 cm³/mol. The van der Waals surface area contributed by atoms with Crippen LogP contribution in [0.3, 0.4) is 0 Å². The number of benzene rings is 1. The van der Waals surface area contributed by atoms with Gasteiger partial charge in [-0.3, -0.25) is 9.18 Å². The quantitative estimate of drug-likeness (QED) is 0.769. The van der Waals surface area contributed by atoms with Crippen LogP contribution in [-0.2, 0) is 11.2 Å². The van der Waals surface area contributed by atoms with E-state index in [0.29, 0.717) is 13.6 Å². The molecular weight excluding hydrogens is 185 g/mol. The number of carboxylic acids is 1. The first kappa shape index (κ1) is 12.6. The number of hydrogen-bond acceptors (Lipinski definition) is 2. The third-order valence-electron chi connectivity index (χ3n) is 1.62. The summed E-state index contributed by atoms with van der Waals surface area (Å²) in [6, 6.07) is 8.54. The SMILES string of the molecule is CF.N[C@@H](Cc1ccccc1)C(=O)O. The Balaban J connectivity index is 0.000000791.